The predicted molar refractivity (Wildman–Crippen MR) is 217 cm³/mol. The number of anilines is 1. The molecule has 4 unspecified atom stereocenters. The molecular formula is C45H55N3O9. The van der Waals surface area contributed by atoms with Crippen LogP contribution >= 0.6 is 0 Å². The maximum atomic E-state index is 12.4. The highest BCUT2D eigenvalue weighted by Gasteiger charge is 2.44. The van der Waals surface area contributed by atoms with Crippen molar-refractivity contribution < 1.29 is 44.1 Å². The molecule has 2 aliphatic heterocycles. The Bertz CT molecular complexity index is 2070. The van der Waals surface area contributed by atoms with Crippen LogP contribution in [0.2, 0.25) is 0 Å². The fraction of sp³-hybridized carbons (Fsp3) is 0.467. The molecule has 0 radical (unpaired) electrons. The number of fused-ring (bicyclic) bond motifs is 2. The van der Waals surface area contributed by atoms with Gasteiger partial charge in [0.05, 0.1) is 32.0 Å². The minimum Gasteiger partial charge on any atom is -0.502 e. The van der Waals surface area contributed by atoms with Crippen molar-refractivity contribution in [1.29, 1.82) is 0 Å². The van der Waals surface area contributed by atoms with Gasteiger partial charge in [0.25, 0.3) is 0 Å². The molecule has 2 aliphatic carbocycles. The average molecular weight is 782 g/mol. The highest BCUT2D eigenvalue weighted by atomic mass is 16.5. The number of nitrogens with one attached hydrogen (secondary N) is 3. The molecule has 0 spiro atoms. The normalized spacial score (nSPS) is 20.4. The molecule has 4 aliphatic rings. The van der Waals surface area contributed by atoms with E-state index < -0.39 is 18.2 Å². The summed E-state index contributed by atoms with van der Waals surface area (Å²) in [4.78, 5) is 0. The summed E-state index contributed by atoms with van der Waals surface area (Å²) in [6.45, 7) is 4.41. The van der Waals surface area contributed by atoms with Crippen LogP contribution in [-0.2, 0) is 18.3 Å². The van der Waals surface area contributed by atoms with Crippen molar-refractivity contribution in [1.82, 2.24) is 10.6 Å². The summed E-state index contributed by atoms with van der Waals surface area (Å²) in [6.07, 6.45) is 3.28. The molecule has 12 nitrogen and oxygen atoms in total. The van der Waals surface area contributed by atoms with Crippen molar-refractivity contribution in [2.75, 3.05) is 65.7 Å². The number of ether oxygens (including phenoxy) is 5. The minimum atomic E-state index is -1.04. The number of likely N-dealkylation sites (N-methyl/N-ethyl adjacent to an activating group) is 1. The summed E-state index contributed by atoms with van der Waals surface area (Å²) in [5.74, 6) is 1.37. The van der Waals surface area contributed by atoms with Crippen LogP contribution in [0.15, 0.2) is 54.6 Å². The Morgan fingerprint density at radius 2 is 1.68 bits per heavy atom. The lowest BCUT2D eigenvalue weighted by Gasteiger charge is -2.39. The second-order valence-corrected chi connectivity index (χ2v) is 15.6. The second kappa shape index (κ2) is 16.6. The first kappa shape index (κ1) is 39.1. The number of phenolic OH excluding ortho intramolecular Hbond substituents is 1. The van der Waals surface area contributed by atoms with E-state index in [0.29, 0.717) is 59.9 Å². The van der Waals surface area contributed by atoms with Gasteiger partial charge in [0.2, 0.25) is 5.75 Å². The fourth-order valence-corrected chi connectivity index (χ4v) is 9.66. The molecule has 304 valence electrons. The molecule has 0 bridgehead atoms. The summed E-state index contributed by atoms with van der Waals surface area (Å²) in [5, 5.41) is 55.6. The predicted octanol–water partition coefficient (Wildman–Crippen LogP) is 5.84. The van der Waals surface area contributed by atoms with Gasteiger partial charge in [-0.05, 0) is 68.1 Å². The van der Waals surface area contributed by atoms with E-state index in [9.17, 15) is 20.4 Å². The Hall–Kier alpha value is -4.72. The van der Waals surface area contributed by atoms with Gasteiger partial charge in [-0.15, -0.1) is 0 Å². The van der Waals surface area contributed by atoms with Crippen LogP contribution in [0.3, 0.4) is 0 Å². The number of methoxy groups -OCH3 is 1. The molecule has 57 heavy (non-hydrogen) atoms. The van der Waals surface area contributed by atoms with Crippen LogP contribution in [0, 0.1) is 5.92 Å². The Labute approximate surface area is 334 Å². The van der Waals surface area contributed by atoms with E-state index in [0.717, 1.165) is 60.2 Å². The Balaban J connectivity index is 1.14. The first-order chi connectivity index (χ1) is 27.8. The van der Waals surface area contributed by atoms with Crippen molar-refractivity contribution in [2.24, 2.45) is 5.92 Å². The maximum Gasteiger partial charge on any atom is 0.200 e. The summed E-state index contributed by atoms with van der Waals surface area (Å²) < 4.78 is 31.0. The van der Waals surface area contributed by atoms with Gasteiger partial charge in [-0.25, -0.2) is 0 Å². The number of hydrogen-bond donors (Lipinski definition) is 7. The quantitative estimate of drug-likeness (QED) is 0.0539. The molecule has 0 aromatic heterocycles. The summed E-state index contributed by atoms with van der Waals surface area (Å²) >= 11 is 0. The van der Waals surface area contributed by atoms with Gasteiger partial charge in [-0.3, -0.25) is 5.32 Å². The lowest BCUT2D eigenvalue weighted by molar-refractivity contribution is 0.0868. The largest absolute Gasteiger partial charge is 0.502 e. The molecule has 8 rings (SSSR count). The monoisotopic (exact) mass is 781 g/mol. The zero-order chi connectivity index (χ0) is 39.7. The van der Waals surface area contributed by atoms with Crippen molar-refractivity contribution in [3.05, 3.63) is 88.0 Å². The maximum absolute atomic E-state index is 12.4. The van der Waals surface area contributed by atoms with Gasteiger partial charge in [-0.2, -0.15) is 0 Å². The lowest BCUT2D eigenvalue weighted by Crippen LogP contribution is -2.38. The van der Waals surface area contributed by atoms with E-state index in [4.69, 9.17) is 23.7 Å². The number of aromatic hydroxyl groups is 1. The summed E-state index contributed by atoms with van der Waals surface area (Å²) in [5.41, 5.74) is 7.39. The molecule has 4 aromatic rings. The molecule has 1 saturated carbocycles. The van der Waals surface area contributed by atoms with Gasteiger partial charge < -0.3 is 54.7 Å². The van der Waals surface area contributed by atoms with Gasteiger partial charge in [0.15, 0.2) is 17.7 Å². The van der Waals surface area contributed by atoms with Crippen LogP contribution in [0.1, 0.15) is 84.2 Å². The highest BCUT2D eigenvalue weighted by Crippen LogP contribution is 2.57. The van der Waals surface area contributed by atoms with E-state index in [1.807, 2.05) is 44.3 Å². The highest BCUT2D eigenvalue weighted by molar-refractivity contribution is 5.93. The number of benzene rings is 4. The molecule has 4 atom stereocenters. The second-order valence-electron chi connectivity index (χ2n) is 15.6. The number of hydrogen-bond acceptors (Lipinski definition) is 12. The number of rotatable bonds is 16. The fourth-order valence-electron chi connectivity index (χ4n) is 9.66. The SMILES string of the molecule is CCNCOc1cc(OCCNC)c2c3c1C(O)Nc1cc4c(c(c1-3)CC2)C(O)C(c1cc(OC)c(O)c(OCC(CO)C2(c3ccccc3)CCCC2)c1)CO4. The summed E-state index contributed by atoms with van der Waals surface area (Å²) in [6, 6.07) is 17.6. The van der Waals surface area contributed by atoms with E-state index in [-0.39, 0.29) is 55.1 Å². The molecule has 0 saturated heterocycles. The van der Waals surface area contributed by atoms with Crippen molar-refractivity contribution in [3.63, 3.8) is 0 Å². The smallest absolute Gasteiger partial charge is 0.200 e. The van der Waals surface area contributed by atoms with Gasteiger partial charge in [-0.1, -0.05) is 50.1 Å². The first-order valence-electron chi connectivity index (χ1n) is 20.3. The number of aliphatic hydroxyl groups excluding tert-OH is 3. The Morgan fingerprint density at radius 1 is 0.912 bits per heavy atom. The Morgan fingerprint density at radius 3 is 2.42 bits per heavy atom. The van der Waals surface area contributed by atoms with Crippen LogP contribution in [0.5, 0.6) is 34.5 Å². The number of phenols is 1. The van der Waals surface area contributed by atoms with E-state index in [2.05, 4.69) is 28.1 Å². The van der Waals surface area contributed by atoms with Crippen molar-refractivity contribution in [3.8, 4) is 45.6 Å². The zero-order valence-corrected chi connectivity index (χ0v) is 33.0. The molecule has 0 amide bonds. The van der Waals surface area contributed by atoms with Gasteiger partial charge >= 0.3 is 0 Å². The molecule has 2 heterocycles. The van der Waals surface area contributed by atoms with Crippen molar-refractivity contribution in [2.45, 2.75) is 69.1 Å². The summed E-state index contributed by atoms with van der Waals surface area (Å²) in [7, 11) is 3.37. The van der Waals surface area contributed by atoms with Gasteiger partial charge in [0.1, 0.15) is 30.6 Å². The van der Waals surface area contributed by atoms with Crippen LogP contribution in [0.4, 0.5) is 5.69 Å². The van der Waals surface area contributed by atoms with E-state index in [1.54, 1.807) is 12.1 Å². The van der Waals surface area contributed by atoms with Crippen LogP contribution in [0.25, 0.3) is 11.1 Å². The lowest BCUT2D eigenvalue weighted by atomic mass is 9.69. The molecule has 12 heteroatoms. The standard InChI is InChI=1S/C45H55N3O9/c1-4-47-25-57-35-21-33(54-17-16-46-2)29-12-13-30-38-32(48-44(52)41(35)40(29)38)20-34-39(30)42(50)31(24-56-34)26-18-36(53-3)43(51)37(19-26)55-23-28(22-49)45(14-8-9-15-45)27-10-6-5-7-11-27/h5-7,10-11,18-21,28,31,42,44,46-52H,4,8-9,12-17,22-25H2,1-3H3. The zero-order valence-electron chi connectivity index (χ0n) is 33.0. The third kappa shape index (κ3) is 7.01. The molecular weight excluding hydrogens is 727 g/mol. The van der Waals surface area contributed by atoms with E-state index >= 15 is 0 Å². The van der Waals surface area contributed by atoms with Crippen LogP contribution < -0.4 is 39.6 Å². The first-order valence-corrected chi connectivity index (χ1v) is 20.3. The minimum absolute atomic E-state index is 0.0604. The number of aliphatic hydroxyl groups is 3. The Kier molecular flexibility index (Phi) is 11.4. The third-order valence-corrected chi connectivity index (χ3v) is 12.6. The molecule has 1 fully saturated rings. The molecule has 7 N–H and O–H groups in total. The average Bonchev–Trinajstić information content (AvgIpc) is 3.73. The van der Waals surface area contributed by atoms with Crippen LogP contribution in [-0.4, -0.2) is 80.8 Å². The topological polar surface area (TPSA) is 163 Å². The van der Waals surface area contributed by atoms with Crippen molar-refractivity contribution >= 4 is 5.69 Å². The van der Waals surface area contributed by atoms with E-state index in [1.165, 1.54) is 12.7 Å². The molecule has 4 aromatic carbocycles. The van der Waals surface area contributed by atoms with Gasteiger partial charge in [0, 0.05) is 70.5 Å². The third-order valence-electron chi connectivity index (χ3n) is 12.6.